The Balaban J connectivity index is 2.69. The molecule has 18 heavy (non-hydrogen) atoms. The highest BCUT2D eigenvalue weighted by Crippen LogP contribution is 2.31. The minimum atomic E-state index is 1.34. The van der Waals surface area contributed by atoms with Crippen LogP contribution in [0.2, 0.25) is 0 Å². The van der Waals surface area contributed by atoms with Crippen molar-refractivity contribution in [2.75, 3.05) is 0 Å². The standard InChI is InChI=1S/C16H16I2/c1-9-7-15(17)11(3)5-13(9)14-6-12(4)16(18)8-10(14)2/h5-8H,1-4H3. The highest BCUT2D eigenvalue weighted by atomic mass is 127. The summed E-state index contributed by atoms with van der Waals surface area (Å²) in [7, 11) is 0. The lowest BCUT2D eigenvalue weighted by Gasteiger charge is -2.13. The van der Waals surface area contributed by atoms with Gasteiger partial charge in [0.1, 0.15) is 0 Å². The molecule has 0 spiro atoms. The highest BCUT2D eigenvalue weighted by molar-refractivity contribution is 14.1. The Hall–Kier alpha value is -0.100. The molecule has 0 heterocycles. The van der Waals surface area contributed by atoms with E-state index >= 15 is 0 Å². The summed E-state index contributed by atoms with van der Waals surface area (Å²) < 4.78 is 2.68. The van der Waals surface area contributed by atoms with Crippen molar-refractivity contribution in [3.63, 3.8) is 0 Å². The van der Waals surface area contributed by atoms with Crippen LogP contribution in [0.4, 0.5) is 0 Å². The van der Waals surface area contributed by atoms with Crippen molar-refractivity contribution >= 4 is 45.2 Å². The van der Waals surface area contributed by atoms with Gasteiger partial charge in [-0.1, -0.05) is 12.1 Å². The quantitative estimate of drug-likeness (QED) is 0.471. The molecule has 94 valence electrons. The summed E-state index contributed by atoms with van der Waals surface area (Å²) >= 11 is 4.81. The average Bonchev–Trinajstić information content (AvgIpc) is 2.29. The van der Waals surface area contributed by atoms with Crippen LogP contribution in [0.1, 0.15) is 22.3 Å². The topological polar surface area (TPSA) is 0 Å². The molecular weight excluding hydrogens is 446 g/mol. The third-order valence-electron chi connectivity index (χ3n) is 3.30. The maximum absolute atomic E-state index is 2.41. The van der Waals surface area contributed by atoms with Gasteiger partial charge in [0.25, 0.3) is 0 Å². The van der Waals surface area contributed by atoms with Crippen molar-refractivity contribution in [2.45, 2.75) is 27.7 Å². The van der Waals surface area contributed by atoms with Gasteiger partial charge in [0.15, 0.2) is 0 Å². The monoisotopic (exact) mass is 462 g/mol. The van der Waals surface area contributed by atoms with E-state index in [-0.39, 0.29) is 0 Å². The third-order valence-corrected chi connectivity index (χ3v) is 5.63. The molecule has 0 bridgehead atoms. The second-order valence-electron chi connectivity index (χ2n) is 4.83. The van der Waals surface area contributed by atoms with Gasteiger partial charge in [-0.2, -0.15) is 0 Å². The summed E-state index contributed by atoms with van der Waals surface area (Å²) in [5, 5.41) is 0. The lowest BCUT2D eigenvalue weighted by Crippen LogP contribution is -1.93. The van der Waals surface area contributed by atoms with E-state index in [0.29, 0.717) is 0 Å². The molecule has 0 aromatic heterocycles. The summed E-state index contributed by atoms with van der Waals surface area (Å²) in [6.07, 6.45) is 0. The maximum Gasteiger partial charge on any atom is 0.0162 e. The summed E-state index contributed by atoms with van der Waals surface area (Å²) in [5.74, 6) is 0. The maximum atomic E-state index is 2.41. The zero-order valence-corrected chi connectivity index (χ0v) is 15.4. The smallest absolute Gasteiger partial charge is 0.0162 e. The number of rotatable bonds is 1. The molecule has 0 saturated carbocycles. The molecule has 0 atom stereocenters. The molecular formula is C16H16I2. The van der Waals surface area contributed by atoms with Crippen LogP contribution >= 0.6 is 45.2 Å². The van der Waals surface area contributed by atoms with Crippen LogP contribution < -0.4 is 0 Å². The molecule has 2 aromatic carbocycles. The van der Waals surface area contributed by atoms with Crippen LogP contribution in [-0.4, -0.2) is 0 Å². The van der Waals surface area contributed by atoms with Crippen molar-refractivity contribution in [2.24, 2.45) is 0 Å². The largest absolute Gasteiger partial charge is 0.0501 e. The molecule has 0 saturated heterocycles. The van der Waals surface area contributed by atoms with Gasteiger partial charge in [-0.15, -0.1) is 0 Å². The Morgan fingerprint density at radius 1 is 0.556 bits per heavy atom. The molecule has 0 amide bonds. The summed E-state index contributed by atoms with van der Waals surface area (Å²) in [6.45, 7) is 8.76. The highest BCUT2D eigenvalue weighted by Gasteiger charge is 2.09. The van der Waals surface area contributed by atoms with Gasteiger partial charge in [-0.25, -0.2) is 0 Å². The van der Waals surface area contributed by atoms with E-state index in [4.69, 9.17) is 0 Å². The van der Waals surface area contributed by atoms with Gasteiger partial charge >= 0.3 is 0 Å². The first-order valence-corrected chi connectivity index (χ1v) is 8.09. The van der Waals surface area contributed by atoms with Gasteiger partial charge in [0.2, 0.25) is 0 Å². The molecule has 0 fully saturated rings. The van der Waals surface area contributed by atoms with E-state index in [1.54, 1.807) is 0 Å². The van der Waals surface area contributed by atoms with E-state index in [9.17, 15) is 0 Å². The molecule has 2 aromatic rings. The normalized spacial score (nSPS) is 10.8. The molecule has 0 radical (unpaired) electrons. The van der Waals surface area contributed by atoms with Crippen LogP contribution in [0.15, 0.2) is 24.3 Å². The fourth-order valence-electron chi connectivity index (χ4n) is 2.14. The van der Waals surface area contributed by atoms with Gasteiger partial charge in [0, 0.05) is 7.14 Å². The van der Waals surface area contributed by atoms with Crippen molar-refractivity contribution < 1.29 is 0 Å². The predicted octanol–water partition coefficient (Wildman–Crippen LogP) is 5.80. The molecule has 0 aliphatic heterocycles. The fourth-order valence-corrected chi connectivity index (χ4v) is 3.39. The molecule has 2 heteroatoms. The third kappa shape index (κ3) is 2.74. The zero-order valence-electron chi connectivity index (χ0n) is 11.1. The van der Waals surface area contributed by atoms with Crippen molar-refractivity contribution in [3.05, 3.63) is 53.7 Å². The second kappa shape index (κ2) is 5.49. The summed E-state index contributed by atoms with van der Waals surface area (Å²) in [6, 6.07) is 9.17. The van der Waals surface area contributed by atoms with Crippen molar-refractivity contribution in [3.8, 4) is 11.1 Å². The first kappa shape index (κ1) is 14.3. The average molecular weight is 462 g/mol. The van der Waals surface area contributed by atoms with E-state index in [1.165, 1.54) is 40.5 Å². The van der Waals surface area contributed by atoms with Crippen LogP contribution in [0.5, 0.6) is 0 Å². The molecule has 2 rings (SSSR count). The SMILES string of the molecule is Cc1cc(-c2cc(C)c(I)cc2C)c(C)cc1I. The van der Waals surface area contributed by atoms with Crippen LogP contribution in [0.3, 0.4) is 0 Å². The Labute approximate surface area is 136 Å². The second-order valence-corrected chi connectivity index (χ2v) is 7.16. The van der Waals surface area contributed by atoms with Crippen molar-refractivity contribution in [1.82, 2.24) is 0 Å². The lowest BCUT2D eigenvalue weighted by molar-refractivity contribution is 1.32. The zero-order chi connectivity index (χ0) is 13.4. The van der Waals surface area contributed by atoms with E-state index in [1.807, 2.05) is 0 Å². The van der Waals surface area contributed by atoms with E-state index in [0.717, 1.165) is 0 Å². The molecule has 0 aliphatic rings. The first-order valence-electron chi connectivity index (χ1n) is 5.94. The van der Waals surface area contributed by atoms with Gasteiger partial charge in [-0.05, 0) is 118 Å². The van der Waals surface area contributed by atoms with Crippen LogP contribution in [0, 0.1) is 34.8 Å². The Morgan fingerprint density at radius 2 is 0.889 bits per heavy atom. The number of halogens is 2. The molecule has 0 N–H and O–H groups in total. The molecule has 0 nitrogen and oxygen atoms in total. The Kier molecular flexibility index (Phi) is 4.36. The molecule has 0 unspecified atom stereocenters. The van der Waals surface area contributed by atoms with Gasteiger partial charge in [0.05, 0.1) is 0 Å². The number of aryl methyl sites for hydroxylation is 4. The number of benzene rings is 2. The van der Waals surface area contributed by atoms with Crippen LogP contribution in [0.25, 0.3) is 11.1 Å². The van der Waals surface area contributed by atoms with Crippen LogP contribution in [-0.2, 0) is 0 Å². The van der Waals surface area contributed by atoms with E-state index < -0.39 is 0 Å². The number of hydrogen-bond donors (Lipinski definition) is 0. The number of hydrogen-bond acceptors (Lipinski definition) is 0. The predicted molar refractivity (Wildman–Crippen MR) is 96.3 cm³/mol. The Bertz CT molecular complexity index is 557. The minimum absolute atomic E-state index is 1.34. The minimum Gasteiger partial charge on any atom is -0.0501 e. The lowest BCUT2D eigenvalue weighted by atomic mass is 9.94. The van der Waals surface area contributed by atoms with Gasteiger partial charge < -0.3 is 0 Å². The Morgan fingerprint density at radius 3 is 1.22 bits per heavy atom. The van der Waals surface area contributed by atoms with E-state index in [2.05, 4.69) is 97.1 Å². The van der Waals surface area contributed by atoms with Crippen molar-refractivity contribution in [1.29, 1.82) is 0 Å². The summed E-state index contributed by atoms with van der Waals surface area (Å²) in [5.41, 5.74) is 8.15. The summed E-state index contributed by atoms with van der Waals surface area (Å²) in [4.78, 5) is 0. The van der Waals surface area contributed by atoms with Gasteiger partial charge in [-0.3, -0.25) is 0 Å². The first-order chi connectivity index (χ1) is 8.40. The molecule has 0 aliphatic carbocycles. The fraction of sp³-hybridized carbons (Fsp3) is 0.250.